The van der Waals surface area contributed by atoms with Gasteiger partial charge in [-0.2, -0.15) is 0 Å². The number of rotatable bonds is 57. The van der Waals surface area contributed by atoms with E-state index in [9.17, 15) is 14.4 Å². The van der Waals surface area contributed by atoms with Crippen molar-refractivity contribution in [2.45, 2.75) is 354 Å². The number of hydrogen-bond acceptors (Lipinski definition) is 6. The highest BCUT2D eigenvalue weighted by Gasteiger charge is 2.19. The molecule has 0 N–H and O–H groups in total. The van der Waals surface area contributed by atoms with Crippen LogP contribution in [0.15, 0.2) is 12.2 Å². The van der Waals surface area contributed by atoms with E-state index >= 15 is 0 Å². The van der Waals surface area contributed by atoms with E-state index < -0.39 is 6.10 Å². The molecule has 0 bridgehead atoms. The van der Waals surface area contributed by atoms with Gasteiger partial charge in [0, 0.05) is 19.3 Å². The van der Waals surface area contributed by atoms with E-state index in [1.54, 1.807) is 0 Å². The molecule has 0 fully saturated rings. The number of unbranched alkanes of at least 4 members (excludes halogenated alkanes) is 44. The second-order valence-corrected chi connectivity index (χ2v) is 21.0. The van der Waals surface area contributed by atoms with E-state index in [0.29, 0.717) is 19.3 Å². The van der Waals surface area contributed by atoms with Crippen LogP contribution in [0.2, 0.25) is 0 Å². The fourth-order valence-electron chi connectivity index (χ4n) is 9.38. The third kappa shape index (κ3) is 55.1. The van der Waals surface area contributed by atoms with Gasteiger partial charge in [-0.25, -0.2) is 0 Å². The zero-order valence-electron chi connectivity index (χ0n) is 46.2. The molecule has 0 heterocycles. The predicted molar refractivity (Wildman–Crippen MR) is 293 cm³/mol. The van der Waals surface area contributed by atoms with Crippen LogP contribution in [0.1, 0.15) is 348 Å². The first-order chi connectivity index (χ1) is 33.5. The summed E-state index contributed by atoms with van der Waals surface area (Å²) in [5, 5.41) is 0. The van der Waals surface area contributed by atoms with Gasteiger partial charge in [0.15, 0.2) is 6.10 Å². The maximum absolute atomic E-state index is 12.9. The first-order valence-corrected chi connectivity index (χ1v) is 30.7. The maximum atomic E-state index is 12.9. The Kier molecular flexibility index (Phi) is 56.2. The Balaban J connectivity index is 4.24. The van der Waals surface area contributed by atoms with Gasteiger partial charge < -0.3 is 14.2 Å². The van der Waals surface area contributed by atoms with Gasteiger partial charge in [0.1, 0.15) is 13.2 Å². The number of allylic oxidation sites excluding steroid dienone is 2. The quantitative estimate of drug-likeness (QED) is 0.0262. The molecular formula is C62H118O6. The lowest BCUT2D eigenvalue weighted by Crippen LogP contribution is -2.30. The van der Waals surface area contributed by atoms with Gasteiger partial charge >= 0.3 is 17.9 Å². The van der Waals surface area contributed by atoms with Gasteiger partial charge in [-0.15, -0.1) is 0 Å². The molecule has 6 heteroatoms. The summed E-state index contributed by atoms with van der Waals surface area (Å²) in [6.07, 6.45) is 66.4. The third-order valence-corrected chi connectivity index (χ3v) is 14.0. The van der Waals surface area contributed by atoms with Crippen LogP contribution >= 0.6 is 0 Å². The van der Waals surface area contributed by atoms with E-state index in [1.165, 1.54) is 244 Å². The van der Waals surface area contributed by atoms with Crippen LogP contribution in [0.4, 0.5) is 0 Å². The summed E-state index contributed by atoms with van der Waals surface area (Å²) >= 11 is 0. The van der Waals surface area contributed by atoms with Crippen LogP contribution < -0.4 is 0 Å². The van der Waals surface area contributed by atoms with E-state index in [0.717, 1.165) is 64.2 Å². The molecule has 0 rings (SSSR count). The molecule has 0 radical (unpaired) electrons. The lowest BCUT2D eigenvalue weighted by Gasteiger charge is -2.18. The maximum Gasteiger partial charge on any atom is 0.306 e. The molecule has 0 aliphatic carbocycles. The minimum atomic E-state index is -0.769. The Morgan fingerprint density at radius 3 is 0.735 bits per heavy atom. The average molecular weight is 960 g/mol. The Morgan fingerprint density at radius 1 is 0.279 bits per heavy atom. The van der Waals surface area contributed by atoms with Crippen molar-refractivity contribution in [3.63, 3.8) is 0 Å². The first kappa shape index (κ1) is 66.2. The minimum Gasteiger partial charge on any atom is -0.462 e. The van der Waals surface area contributed by atoms with Crippen LogP contribution in [0, 0.1) is 0 Å². The summed E-state index contributed by atoms with van der Waals surface area (Å²) in [4.78, 5) is 38.2. The second-order valence-electron chi connectivity index (χ2n) is 21.0. The molecule has 1 unspecified atom stereocenters. The van der Waals surface area contributed by atoms with Crippen molar-refractivity contribution < 1.29 is 28.6 Å². The van der Waals surface area contributed by atoms with Gasteiger partial charge in [-0.05, 0) is 44.9 Å². The molecule has 0 aromatic carbocycles. The van der Waals surface area contributed by atoms with Crippen molar-refractivity contribution in [1.82, 2.24) is 0 Å². The normalized spacial score (nSPS) is 12.0. The summed E-state index contributed by atoms with van der Waals surface area (Å²) in [5.74, 6) is -0.849. The summed E-state index contributed by atoms with van der Waals surface area (Å²) in [6.45, 7) is 6.69. The zero-order valence-corrected chi connectivity index (χ0v) is 46.2. The van der Waals surface area contributed by atoms with Gasteiger partial charge in [0.05, 0.1) is 0 Å². The predicted octanol–water partition coefficient (Wildman–Crippen LogP) is 20.5. The van der Waals surface area contributed by atoms with Gasteiger partial charge in [0.25, 0.3) is 0 Å². The molecule has 0 spiro atoms. The van der Waals surface area contributed by atoms with E-state index in [1.807, 2.05) is 0 Å². The molecule has 0 saturated carbocycles. The smallest absolute Gasteiger partial charge is 0.306 e. The van der Waals surface area contributed by atoms with Gasteiger partial charge in [0.2, 0.25) is 0 Å². The average Bonchev–Trinajstić information content (AvgIpc) is 3.34. The van der Waals surface area contributed by atoms with Crippen LogP contribution in [-0.2, 0) is 28.6 Å². The van der Waals surface area contributed by atoms with E-state index in [4.69, 9.17) is 14.2 Å². The lowest BCUT2D eigenvalue weighted by atomic mass is 10.0. The van der Waals surface area contributed by atoms with Crippen molar-refractivity contribution in [1.29, 1.82) is 0 Å². The number of esters is 3. The monoisotopic (exact) mass is 959 g/mol. The molecule has 402 valence electrons. The van der Waals surface area contributed by atoms with Crippen LogP contribution in [0.25, 0.3) is 0 Å². The molecule has 0 amide bonds. The van der Waals surface area contributed by atoms with Crippen molar-refractivity contribution in [2.24, 2.45) is 0 Å². The number of carbonyl (C=O) groups excluding carboxylic acids is 3. The minimum absolute atomic E-state index is 0.0672. The van der Waals surface area contributed by atoms with Crippen molar-refractivity contribution in [3.8, 4) is 0 Å². The fraction of sp³-hybridized carbons (Fsp3) is 0.919. The topological polar surface area (TPSA) is 78.9 Å². The summed E-state index contributed by atoms with van der Waals surface area (Å²) in [6, 6.07) is 0. The Hall–Kier alpha value is -1.85. The SMILES string of the molecule is CCCCCCCCC/C=C\CCCCCCCC(=O)OC(COC(=O)CCCCCCCCCCCCCC)COC(=O)CCCCCCCCCCCCCCCCCCCCCCCC. The zero-order chi connectivity index (χ0) is 49.3. The van der Waals surface area contributed by atoms with E-state index in [-0.39, 0.29) is 31.1 Å². The third-order valence-electron chi connectivity index (χ3n) is 14.0. The standard InChI is InChI=1S/C62H118O6/c1-4-7-10-13-16-19-22-25-27-29-30-31-32-33-34-36-37-40-43-46-49-52-55-61(64)67-58-59(57-66-60(63)54-51-48-45-42-39-24-21-18-15-12-9-6-3)68-62(65)56-53-50-47-44-41-38-35-28-26-23-20-17-14-11-8-5-2/h28,35,59H,4-27,29-34,36-58H2,1-3H3/b35-28-. The van der Waals surface area contributed by atoms with Gasteiger partial charge in [-0.3, -0.25) is 14.4 Å². The van der Waals surface area contributed by atoms with Crippen LogP contribution in [0.3, 0.4) is 0 Å². The Morgan fingerprint density at radius 2 is 0.485 bits per heavy atom. The molecule has 0 aromatic rings. The van der Waals surface area contributed by atoms with Crippen LogP contribution in [-0.4, -0.2) is 37.2 Å². The highest BCUT2D eigenvalue weighted by Crippen LogP contribution is 2.18. The Labute approximate surface area is 424 Å². The van der Waals surface area contributed by atoms with E-state index in [2.05, 4.69) is 32.9 Å². The number of carbonyl (C=O) groups is 3. The molecule has 0 aliphatic rings. The second kappa shape index (κ2) is 57.7. The van der Waals surface area contributed by atoms with Crippen molar-refractivity contribution in [3.05, 3.63) is 12.2 Å². The molecule has 0 saturated heterocycles. The van der Waals surface area contributed by atoms with Crippen LogP contribution in [0.5, 0.6) is 0 Å². The molecule has 0 aliphatic heterocycles. The Bertz CT molecular complexity index is 1060. The molecule has 6 nitrogen and oxygen atoms in total. The summed E-state index contributed by atoms with van der Waals surface area (Å²) < 4.78 is 16.9. The fourth-order valence-corrected chi connectivity index (χ4v) is 9.38. The summed E-state index contributed by atoms with van der Waals surface area (Å²) in [7, 11) is 0. The number of ether oxygens (including phenoxy) is 3. The molecule has 0 aromatic heterocycles. The largest absolute Gasteiger partial charge is 0.462 e. The molecule has 68 heavy (non-hydrogen) atoms. The molecule has 1 atom stereocenters. The number of hydrogen-bond donors (Lipinski definition) is 0. The summed E-state index contributed by atoms with van der Waals surface area (Å²) in [5.41, 5.74) is 0. The molecular weight excluding hydrogens is 841 g/mol. The first-order valence-electron chi connectivity index (χ1n) is 30.7. The highest BCUT2D eigenvalue weighted by atomic mass is 16.6. The lowest BCUT2D eigenvalue weighted by molar-refractivity contribution is -0.167. The van der Waals surface area contributed by atoms with Gasteiger partial charge in [-0.1, -0.05) is 296 Å². The van der Waals surface area contributed by atoms with Crippen molar-refractivity contribution in [2.75, 3.05) is 13.2 Å². The van der Waals surface area contributed by atoms with Crippen molar-refractivity contribution >= 4 is 17.9 Å². The highest BCUT2D eigenvalue weighted by molar-refractivity contribution is 5.71.